The number of esters is 1. The third kappa shape index (κ3) is 2.74. The molecule has 1 spiro atoms. The zero-order valence-corrected chi connectivity index (χ0v) is 18.5. The molecule has 0 fully saturated rings. The van der Waals surface area contributed by atoms with Crippen LogP contribution in [0.3, 0.4) is 0 Å². The summed E-state index contributed by atoms with van der Waals surface area (Å²) in [4.78, 5) is 13.4. The van der Waals surface area contributed by atoms with Crippen molar-refractivity contribution in [3.05, 3.63) is 118 Å². The number of anilines is 2. The van der Waals surface area contributed by atoms with Gasteiger partial charge in [0.2, 0.25) is 0 Å². The zero-order chi connectivity index (χ0) is 22.6. The molecule has 2 aliphatic heterocycles. The molecule has 2 aliphatic rings. The third-order valence-corrected chi connectivity index (χ3v) is 6.64. The average Bonchev–Trinajstić information content (AvgIpc) is 3.16. The van der Waals surface area contributed by atoms with Crippen LogP contribution in [-0.2, 0) is 16.8 Å². The van der Waals surface area contributed by atoms with E-state index in [1.54, 1.807) is 0 Å². The van der Waals surface area contributed by atoms with Gasteiger partial charge in [0.05, 0.1) is 5.56 Å². The molecular weight excluding hydrogens is 410 g/mol. The Bertz CT molecular complexity index is 1380. The van der Waals surface area contributed by atoms with E-state index in [-0.39, 0.29) is 5.97 Å². The van der Waals surface area contributed by atoms with E-state index in [1.807, 2.05) is 79.7 Å². The molecule has 0 saturated heterocycles. The molecule has 6 rings (SSSR count). The molecule has 4 aromatic rings. The molecule has 33 heavy (non-hydrogen) atoms. The Morgan fingerprint density at radius 2 is 1.42 bits per heavy atom. The van der Waals surface area contributed by atoms with Gasteiger partial charge < -0.3 is 14.8 Å². The number of carbonyl (C=O) groups excluding carboxylic acids is 1. The molecular formula is C29H23NO3. The van der Waals surface area contributed by atoms with Crippen molar-refractivity contribution < 1.29 is 14.3 Å². The van der Waals surface area contributed by atoms with Crippen LogP contribution in [0.25, 0.3) is 0 Å². The first kappa shape index (κ1) is 19.6. The maximum atomic E-state index is 13.4. The highest BCUT2D eigenvalue weighted by molar-refractivity contribution is 6.01. The normalized spacial score (nSPS) is 14.7. The van der Waals surface area contributed by atoms with Crippen molar-refractivity contribution in [1.29, 1.82) is 0 Å². The van der Waals surface area contributed by atoms with Crippen molar-refractivity contribution in [1.82, 2.24) is 0 Å². The lowest BCUT2D eigenvalue weighted by Crippen LogP contribution is -2.33. The van der Waals surface area contributed by atoms with Crippen molar-refractivity contribution in [3.8, 4) is 11.5 Å². The summed E-state index contributed by atoms with van der Waals surface area (Å²) in [6.07, 6.45) is 0.900. The fourth-order valence-electron chi connectivity index (χ4n) is 5.11. The van der Waals surface area contributed by atoms with Crippen LogP contribution in [-0.4, -0.2) is 5.97 Å². The van der Waals surface area contributed by atoms with E-state index in [0.29, 0.717) is 17.1 Å². The summed E-state index contributed by atoms with van der Waals surface area (Å²) in [6, 6.07) is 27.9. The number of carbonyl (C=O) groups is 1. The predicted octanol–water partition coefficient (Wildman–Crippen LogP) is 6.87. The van der Waals surface area contributed by atoms with E-state index < -0.39 is 5.60 Å². The molecule has 0 unspecified atom stereocenters. The number of hydrogen-bond acceptors (Lipinski definition) is 4. The topological polar surface area (TPSA) is 47.6 Å². The van der Waals surface area contributed by atoms with Crippen LogP contribution < -0.4 is 10.1 Å². The monoisotopic (exact) mass is 433 g/mol. The lowest BCUT2D eigenvalue weighted by Gasteiger charge is -2.37. The number of nitrogens with one attached hydrogen (secondary N) is 1. The molecule has 0 aromatic heterocycles. The first-order valence-electron chi connectivity index (χ1n) is 11.2. The molecule has 4 nitrogen and oxygen atoms in total. The number of para-hydroxylation sites is 3. The van der Waals surface area contributed by atoms with Crippen LogP contribution in [0.15, 0.2) is 84.9 Å². The van der Waals surface area contributed by atoms with Crippen LogP contribution in [0.5, 0.6) is 11.5 Å². The first-order valence-corrected chi connectivity index (χ1v) is 11.2. The Morgan fingerprint density at radius 3 is 2.12 bits per heavy atom. The minimum absolute atomic E-state index is 0.318. The number of ether oxygens (including phenoxy) is 2. The van der Waals surface area contributed by atoms with E-state index in [0.717, 1.165) is 40.0 Å². The van der Waals surface area contributed by atoms with Crippen molar-refractivity contribution in [2.75, 3.05) is 5.32 Å². The Labute approximate surface area is 192 Å². The molecule has 0 saturated carbocycles. The highest BCUT2D eigenvalue weighted by Crippen LogP contribution is 2.58. The standard InChI is InChI=1S/C29H23NO3/c1-3-19-10-4-7-13-22(19)30-23-17-16-18(2)26-27(23)29(33-28(26)31)20-11-5-8-14-24(20)32-25-15-9-6-12-21(25)29/h4-17,30H,3H2,1-2H3. The number of fused-ring (bicyclic) bond motifs is 6. The summed E-state index contributed by atoms with van der Waals surface area (Å²) in [7, 11) is 0. The maximum absolute atomic E-state index is 13.4. The van der Waals surface area contributed by atoms with Gasteiger partial charge in [-0.15, -0.1) is 0 Å². The Morgan fingerprint density at radius 1 is 0.788 bits per heavy atom. The highest BCUT2D eigenvalue weighted by Gasteiger charge is 2.55. The predicted molar refractivity (Wildman–Crippen MR) is 129 cm³/mol. The SMILES string of the molecule is CCc1ccccc1Nc1ccc(C)c2c1C1(OC2=O)c2ccccc2Oc2ccccc21. The Hall–Kier alpha value is -4.05. The van der Waals surface area contributed by atoms with Gasteiger partial charge in [-0.2, -0.15) is 0 Å². The molecule has 162 valence electrons. The van der Waals surface area contributed by atoms with Crippen molar-refractivity contribution in [3.63, 3.8) is 0 Å². The first-order chi connectivity index (χ1) is 16.1. The molecule has 0 atom stereocenters. The summed E-state index contributed by atoms with van der Waals surface area (Å²) < 4.78 is 12.6. The van der Waals surface area contributed by atoms with Gasteiger partial charge in [0.15, 0.2) is 5.60 Å². The van der Waals surface area contributed by atoms with Gasteiger partial charge in [-0.25, -0.2) is 4.79 Å². The fourth-order valence-corrected chi connectivity index (χ4v) is 5.11. The van der Waals surface area contributed by atoms with E-state index in [4.69, 9.17) is 9.47 Å². The summed E-state index contributed by atoms with van der Waals surface area (Å²) >= 11 is 0. The van der Waals surface area contributed by atoms with Crippen LogP contribution >= 0.6 is 0 Å². The van der Waals surface area contributed by atoms with E-state index in [2.05, 4.69) is 24.4 Å². The second-order valence-electron chi connectivity index (χ2n) is 8.48. The molecule has 2 heterocycles. The minimum Gasteiger partial charge on any atom is -0.456 e. The van der Waals surface area contributed by atoms with Gasteiger partial charge in [0.25, 0.3) is 0 Å². The van der Waals surface area contributed by atoms with Gasteiger partial charge in [-0.3, -0.25) is 0 Å². The van der Waals surface area contributed by atoms with Crippen LogP contribution in [0.1, 0.15) is 45.1 Å². The largest absolute Gasteiger partial charge is 0.456 e. The smallest absolute Gasteiger partial charge is 0.340 e. The number of aryl methyl sites for hydroxylation is 2. The number of rotatable bonds is 3. The Kier molecular flexibility index (Phi) is 4.31. The average molecular weight is 434 g/mol. The molecule has 4 aromatic carbocycles. The van der Waals surface area contributed by atoms with Crippen molar-refractivity contribution in [2.45, 2.75) is 25.9 Å². The van der Waals surface area contributed by atoms with Gasteiger partial charge >= 0.3 is 5.97 Å². The lowest BCUT2D eigenvalue weighted by atomic mass is 9.76. The Balaban J connectivity index is 1.67. The molecule has 1 N–H and O–H groups in total. The number of benzene rings is 4. The van der Waals surface area contributed by atoms with Gasteiger partial charge in [0, 0.05) is 28.1 Å². The maximum Gasteiger partial charge on any atom is 0.340 e. The number of hydrogen-bond donors (Lipinski definition) is 1. The van der Waals surface area contributed by atoms with Crippen LogP contribution in [0, 0.1) is 6.92 Å². The zero-order valence-electron chi connectivity index (χ0n) is 18.5. The molecule has 0 aliphatic carbocycles. The van der Waals surface area contributed by atoms with E-state index in [1.165, 1.54) is 5.56 Å². The van der Waals surface area contributed by atoms with Gasteiger partial charge in [-0.05, 0) is 48.7 Å². The minimum atomic E-state index is -1.09. The molecule has 4 heteroatoms. The summed E-state index contributed by atoms with van der Waals surface area (Å²) in [5.41, 5.74) is 5.99. The van der Waals surface area contributed by atoms with Crippen LogP contribution in [0.4, 0.5) is 11.4 Å². The quantitative estimate of drug-likeness (QED) is 0.358. The van der Waals surface area contributed by atoms with E-state index in [9.17, 15) is 4.79 Å². The third-order valence-electron chi connectivity index (χ3n) is 6.64. The van der Waals surface area contributed by atoms with Crippen LogP contribution in [0.2, 0.25) is 0 Å². The lowest BCUT2D eigenvalue weighted by molar-refractivity contribution is 0.0225. The van der Waals surface area contributed by atoms with Gasteiger partial charge in [0.1, 0.15) is 11.5 Å². The molecule has 0 radical (unpaired) electrons. The second kappa shape index (κ2) is 7.24. The highest BCUT2D eigenvalue weighted by atomic mass is 16.6. The summed E-state index contributed by atoms with van der Waals surface area (Å²) in [5, 5.41) is 3.63. The van der Waals surface area contributed by atoms with E-state index >= 15 is 0 Å². The van der Waals surface area contributed by atoms with Crippen molar-refractivity contribution >= 4 is 17.3 Å². The summed E-state index contributed by atoms with van der Waals surface area (Å²) in [5.74, 6) is 1.07. The molecule has 0 bridgehead atoms. The molecule has 0 amide bonds. The summed E-state index contributed by atoms with van der Waals surface area (Å²) in [6.45, 7) is 4.10. The fraction of sp³-hybridized carbons (Fsp3) is 0.138. The second-order valence-corrected chi connectivity index (χ2v) is 8.48. The van der Waals surface area contributed by atoms with Gasteiger partial charge in [-0.1, -0.05) is 67.6 Å². The van der Waals surface area contributed by atoms with Crippen molar-refractivity contribution in [2.24, 2.45) is 0 Å².